The lowest BCUT2D eigenvalue weighted by atomic mass is 9.82. The monoisotopic (exact) mass is 440 g/mol. The molecule has 1 spiro atoms. The summed E-state index contributed by atoms with van der Waals surface area (Å²) in [5.41, 5.74) is 1.08. The molecule has 162 valence electrons. The summed E-state index contributed by atoms with van der Waals surface area (Å²) in [7, 11) is 0. The quantitative estimate of drug-likeness (QED) is 0.408. The lowest BCUT2D eigenvalue weighted by Gasteiger charge is -2.30. The fraction of sp³-hybridized carbons (Fsp3) is 0.375. The van der Waals surface area contributed by atoms with Crippen LogP contribution in [0.2, 0.25) is 5.02 Å². The van der Waals surface area contributed by atoms with E-state index in [1.165, 1.54) is 0 Å². The Labute approximate surface area is 186 Å². The molecule has 0 radical (unpaired) electrons. The Morgan fingerprint density at radius 1 is 1.06 bits per heavy atom. The van der Waals surface area contributed by atoms with Gasteiger partial charge in [-0.3, -0.25) is 14.5 Å². The van der Waals surface area contributed by atoms with Gasteiger partial charge >= 0.3 is 12.0 Å². The molecule has 2 aromatic rings. The highest BCUT2D eigenvalue weighted by Crippen LogP contribution is 2.33. The molecule has 0 aromatic heterocycles. The highest BCUT2D eigenvalue weighted by atomic mass is 35.5. The van der Waals surface area contributed by atoms with Crippen LogP contribution in [-0.4, -0.2) is 34.9 Å². The van der Waals surface area contributed by atoms with Gasteiger partial charge in [-0.1, -0.05) is 61.2 Å². The molecule has 2 aliphatic rings. The molecule has 2 aromatic carbocycles. The highest BCUT2D eigenvalue weighted by Gasteiger charge is 2.51. The molecular weight excluding hydrogens is 416 g/mol. The molecule has 1 aliphatic carbocycles. The number of nitrogens with zero attached hydrogens (tertiary/aromatic N) is 1. The zero-order valence-corrected chi connectivity index (χ0v) is 18.0. The SMILES string of the molecule is O=C(CCN1C(=O)NC2(CCCCC2)C1=O)Oc1ccc(Cl)cc1Cc1ccccc1. The van der Waals surface area contributed by atoms with Crippen molar-refractivity contribution in [1.29, 1.82) is 0 Å². The normalized spacial score (nSPS) is 17.6. The number of nitrogens with one attached hydrogen (secondary N) is 1. The van der Waals surface area contributed by atoms with Gasteiger partial charge in [-0.05, 0) is 36.6 Å². The number of rotatable bonds is 6. The zero-order valence-electron chi connectivity index (χ0n) is 17.2. The number of hydrogen-bond acceptors (Lipinski definition) is 4. The third-order valence-electron chi connectivity index (χ3n) is 5.98. The van der Waals surface area contributed by atoms with Gasteiger partial charge in [0.25, 0.3) is 5.91 Å². The van der Waals surface area contributed by atoms with Crippen molar-refractivity contribution in [2.45, 2.75) is 50.5 Å². The first-order valence-electron chi connectivity index (χ1n) is 10.6. The minimum atomic E-state index is -0.779. The van der Waals surface area contributed by atoms with E-state index in [1.54, 1.807) is 18.2 Å². The fourth-order valence-electron chi connectivity index (χ4n) is 4.35. The van der Waals surface area contributed by atoms with E-state index in [0.717, 1.165) is 35.3 Å². The van der Waals surface area contributed by atoms with Crippen molar-refractivity contribution in [2.24, 2.45) is 0 Å². The van der Waals surface area contributed by atoms with Gasteiger partial charge in [0, 0.05) is 23.6 Å². The van der Waals surface area contributed by atoms with E-state index in [9.17, 15) is 14.4 Å². The Hall–Kier alpha value is -2.86. The second-order valence-electron chi connectivity index (χ2n) is 8.17. The Morgan fingerprint density at radius 3 is 2.55 bits per heavy atom. The Balaban J connectivity index is 1.39. The van der Waals surface area contributed by atoms with Crippen LogP contribution < -0.4 is 10.1 Å². The number of benzene rings is 2. The Bertz CT molecular complexity index is 986. The van der Waals surface area contributed by atoms with Crippen LogP contribution >= 0.6 is 11.6 Å². The van der Waals surface area contributed by atoms with E-state index in [0.29, 0.717) is 30.0 Å². The number of hydrogen-bond donors (Lipinski definition) is 1. The van der Waals surface area contributed by atoms with Crippen LogP contribution in [0.1, 0.15) is 49.7 Å². The van der Waals surface area contributed by atoms with Gasteiger partial charge in [0.15, 0.2) is 0 Å². The van der Waals surface area contributed by atoms with Crippen molar-refractivity contribution in [2.75, 3.05) is 6.54 Å². The first-order chi connectivity index (χ1) is 15.0. The molecule has 1 N–H and O–H groups in total. The molecule has 4 rings (SSSR count). The summed E-state index contributed by atoms with van der Waals surface area (Å²) < 4.78 is 5.57. The topological polar surface area (TPSA) is 75.7 Å². The first kappa shape index (κ1) is 21.4. The minimum Gasteiger partial charge on any atom is -0.426 e. The van der Waals surface area contributed by atoms with E-state index < -0.39 is 17.5 Å². The van der Waals surface area contributed by atoms with Crippen LogP contribution in [-0.2, 0) is 16.0 Å². The maximum absolute atomic E-state index is 12.8. The smallest absolute Gasteiger partial charge is 0.325 e. The largest absolute Gasteiger partial charge is 0.426 e. The summed E-state index contributed by atoms with van der Waals surface area (Å²) in [6.45, 7) is 0.00680. The Kier molecular flexibility index (Phi) is 6.28. The molecule has 1 saturated carbocycles. The number of esters is 1. The molecule has 0 atom stereocenters. The second kappa shape index (κ2) is 9.10. The van der Waals surface area contributed by atoms with Gasteiger partial charge in [0.1, 0.15) is 11.3 Å². The van der Waals surface area contributed by atoms with E-state index in [1.807, 2.05) is 30.3 Å². The van der Waals surface area contributed by atoms with E-state index in [2.05, 4.69) is 5.32 Å². The number of ether oxygens (including phenoxy) is 1. The summed E-state index contributed by atoms with van der Waals surface area (Å²) in [5.74, 6) is -0.290. The van der Waals surface area contributed by atoms with Crippen molar-refractivity contribution < 1.29 is 19.1 Å². The highest BCUT2D eigenvalue weighted by molar-refractivity contribution is 6.30. The third kappa shape index (κ3) is 4.74. The minimum absolute atomic E-state index is 0.00680. The molecule has 6 nitrogen and oxygen atoms in total. The van der Waals surface area contributed by atoms with Crippen molar-refractivity contribution in [3.05, 3.63) is 64.7 Å². The number of urea groups is 1. The Morgan fingerprint density at radius 2 is 1.81 bits per heavy atom. The first-order valence-corrected chi connectivity index (χ1v) is 11.0. The molecule has 2 fully saturated rings. The molecule has 0 unspecified atom stereocenters. The number of amides is 3. The summed E-state index contributed by atoms with van der Waals surface area (Å²) in [6, 6.07) is 14.5. The summed E-state index contributed by atoms with van der Waals surface area (Å²) in [6.07, 6.45) is 4.73. The van der Waals surface area contributed by atoms with E-state index in [-0.39, 0.29) is 18.9 Å². The second-order valence-corrected chi connectivity index (χ2v) is 8.60. The number of carbonyl (C=O) groups excluding carboxylic acids is 3. The van der Waals surface area contributed by atoms with Gasteiger partial charge in [0.05, 0.1) is 6.42 Å². The van der Waals surface area contributed by atoms with Gasteiger partial charge < -0.3 is 10.1 Å². The average molecular weight is 441 g/mol. The van der Waals surface area contributed by atoms with Crippen LogP contribution in [0.4, 0.5) is 4.79 Å². The molecule has 3 amide bonds. The zero-order chi connectivity index (χ0) is 21.8. The number of carbonyl (C=O) groups is 3. The van der Waals surface area contributed by atoms with Crippen LogP contribution in [0.3, 0.4) is 0 Å². The molecule has 0 bridgehead atoms. The average Bonchev–Trinajstić information content (AvgIpc) is 2.98. The molecule has 7 heteroatoms. The lowest BCUT2D eigenvalue weighted by Crippen LogP contribution is -2.48. The van der Waals surface area contributed by atoms with Crippen molar-refractivity contribution in [3.63, 3.8) is 0 Å². The molecule has 1 aliphatic heterocycles. The van der Waals surface area contributed by atoms with Crippen LogP contribution in [0.15, 0.2) is 48.5 Å². The fourth-order valence-corrected chi connectivity index (χ4v) is 4.55. The third-order valence-corrected chi connectivity index (χ3v) is 6.21. The predicted octanol–water partition coefficient (Wildman–Crippen LogP) is 4.48. The van der Waals surface area contributed by atoms with Crippen molar-refractivity contribution in [3.8, 4) is 5.75 Å². The molecule has 31 heavy (non-hydrogen) atoms. The number of halogens is 1. The summed E-state index contributed by atoms with van der Waals surface area (Å²) >= 11 is 6.14. The van der Waals surface area contributed by atoms with Gasteiger partial charge in [-0.15, -0.1) is 0 Å². The van der Waals surface area contributed by atoms with E-state index >= 15 is 0 Å². The van der Waals surface area contributed by atoms with Gasteiger partial charge in [-0.2, -0.15) is 0 Å². The predicted molar refractivity (Wildman–Crippen MR) is 117 cm³/mol. The van der Waals surface area contributed by atoms with Crippen LogP contribution in [0, 0.1) is 0 Å². The van der Waals surface area contributed by atoms with Crippen LogP contribution in [0.25, 0.3) is 0 Å². The van der Waals surface area contributed by atoms with Crippen molar-refractivity contribution >= 4 is 29.5 Å². The van der Waals surface area contributed by atoms with Crippen LogP contribution in [0.5, 0.6) is 5.75 Å². The van der Waals surface area contributed by atoms with Gasteiger partial charge in [-0.25, -0.2) is 4.79 Å². The molecule has 1 heterocycles. The van der Waals surface area contributed by atoms with Gasteiger partial charge in [0.2, 0.25) is 0 Å². The summed E-state index contributed by atoms with van der Waals surface area (Å²) in [5, 5.41) is 3.41. The summed E-state index contributed by atoms with van der Waals surface area (Å²) in [4.78, 5) is 38.9. The molecular formula is C24H25ClN2O4. The maximum Gasteiger partial charge on any atom is 0.325 e. The standard InChI is InChI=1S/C24H25ClN2O4/c25-19-9-10-20(18(16-19)15-17-7-3-1-4-8-17)31-21(28)11-14-27-22(29)24(26-23(27)30)12-5-2-6-13-24/h1,3-4,7-10,16H,2,5-6,11-15H2,(H,26,30). The van der Waals surface area contributed by atoms with Crippen molar-refractivity contribution in [1.82, 2.24) is 10.2 Å². The van der Waals surface area contributed by atoms with E-state index in [4.69, 9.17) is 16.3 Å². The maximum atomic E-state index is 12.8. The lowest BCUT2D eigenvalue weighted by molar-refractivity contribution is -0.136. The molecule has 1 saturated heterocycles. The number of imide groups is 1.